The van der Waals surface area contributed by atoms with Gasteiger partial charge in [0.15, 0.2) is 0 Å². The summed E-state index contributed by atoms with van der Waals surface area (Å²) < 4.78 is 0. The maximum Gasteiger partial charge on any atom is 0.322 e. The van der Waals surface area contributed by atoms with Crippen molar-refractivity contribution in [2.24, 2.45) is 0 Å². The lowest BCUT2D eigenvalue weighted by molar-refractivity contribution is 0.190. The first-order chi connectivity index (χ1) is 9.56. The summed E-state index contributed by atoms with van der Waals surface area (Å²) in [6.07, 6.45) is 2.32. The van der Waals surface area contributed by atoms with E-state index in [1.807, 2.05) is 30.9 Å². The lowest BCUT2D eigenvalue weighted by atomic mass is 10.2. The number of benzene rings is 1. The van der Waals surface area contributed by atoms with Crippen LogP contribution >= 0.6 is 11.6 Å². The van der Waals surface area contributed by atoms with Gasteiger partial charge in [-0.2, -0.15) is 0 Å². The van der Waals surface area contributed by atoms with Crippen LogP contribution in [-0.2, 0) is 0 Å². The normalized spacial score (nSPS) is 18.3. The molecule has 0 bridgehead atoms. The molecule has 20 heavy (non-hydrogen) atoms. The van der Waals surface area contributed by atoms with E-state index in [0.717, 1.165) is 25.2 Å². The SMILES string of the molecule is CC(C)N(CC1CCCN1)C(=O)Nc1cccc(Cl)c1. The first-order valence-corrected chi connectivity index (χ1v) is 7.50. The zero-order chi connectivity index (χ0) is 14.5. The van der Waals surface area contributed by atoms with E-state index in [0.29, 0.717) is 11.1 Å². The third-order valence-corrected chi connectivity index (χ3v) is 3.77. The molecule has 2 N–H and O–H groups in total. The standard InChI is InChI=1S/C15H22ClN3O/c1-11(2)19(10-14-7-4-8-17-14)15(20)18-13-6-3-5-12(16)9-13/h3,5-6,9,11,14,17H,4,7-8,10H2,1-2H3,(H,18,20). The van der Waals surface area contributed by atoms with E-state index in [-0.39, 0.29) is 12.1 Å². The molecule has 110 valence electrons. The van der Waals surface area contributed by atoms with Crippen LogP contribution in [0, 0.1) is 0 Å². The van der Waals surface area contributed by atoms with Crippen molar-refractivity contribution in [3.05, 3.63) is 29.3 Å². The van der Waals surface area contributed by atoms with Gasteiger partial charge in [0, 0.05) is 29.3 Å². The van der Waals surface area contributed by atoms with Crippen LogP contribution in [0.15, 0.2) is 24.3 Å². The summed E-state index contributed by atoms with van der Waals surface area (Å²) >= 11 is 5.93. The van der Waals surface area contributed by atoms with Crippen molar-refractivity contribution in [1.82, 2.24) is 10.2 Å². The van der Waals surface area contributed by atoms with E-state index in [4.69, 9.17) is 11.6 Å². The number of anilines is 1. The summed E-state index contributed by atoms with van der Waals surface area (Å²) in [6, 6.07) is 7.72. The molecule has 0 radical (unpaired) electrons. The Kier molecular flexibility index (Phi) is 5.26. The van der Waals surface area contributed by atoms with Gasteiger partial charge in [0.1, 0.15) is 0 Å². The van der Waals surface area contributed by atoms with Crippen LogP contribution in [-0.4, -0.2) is 36.1 Å². The molecular formula is C15H22ClN3O. The fourth-order valence-electron chi connectivity index (χ4n) is 2.44. The molecule has 0 spiro atoms. The lowest BCUT2D eigenvalue weighted by Gasteiger charge is -2.29. The van der Waals surface area contributed by atoms with E-state index in [2.05, 4.69) is 10.6 Å². The molecule has 1 heterocycles. The number of nitrogens with one attached hydrogen (secondary N) is 2. The molecule has 0 aliphatic carbocycles. The van der Waals surface area contributed by atoms with Crippen LogP contribution in [0.5, 0.6) is 0 Å². The van der Waals surface area contributed by atoms with Gasteiger partial charge in [-0.3, -0.25) is 0 Å². The van der Waals surface area contributed by atoms with E-state index in [1.165, 1.54) is 6.42 Å². The molecular weight excluding hydrogens is 274 g/mol. The van der Waals surface area contributed by atoms with Gasteiger partial charge < -0.3 is 15.5 Å². The minimum Gasteiger partial charge on any atom is -0.321 e. The van der Waals surface area contributed by atoms with Gasteiger partial charge in [0.05, 0.1) is 0 Å². The molecule has 1 saturated heterocycles. The van der Waals surface area contributed by atoms with Gasteiger partial charge in [-0.1, -0.05) is 17.7 Å². The third kappa shape index (κ3) is 4.12. The highest BCUT2D eigenvalue weighted by atomic mass is 35.5. The number of nitrogens with zero attached hydrogens (tertiary/aromatic N) is 1. The molecule has 2 rings (SSSR count). The number of hydrogen-bond acceptors (Lipinski definition) is 2. The third-order valence-electron chi connectivity index (χ3n) is 3.54. The topological polar surface area (TPSA) is 44.4 Å². The molecule has 4 nitrogen and oxygen atoms in total. The van der Waals surface area contributed by atoms with Crippen molar-refractivity contribution in [2.75, 3.05) is 18.4 Å². The van der Waals surface area contributed by atoms with Crippen LogP contribution in [0.1, 0.15) is 26.7 Å². The molecule has 1 aromatic rings. The summed E-state index contributed by atoms with van der Waals surface area (Å²) in [4.78, 5) is 14.3. The molecule has 1 aromatic carbocycles. The summed E-state index contributed by atoms with van der Waals surface area (Å²) in [5.41, 5.74) is 0.729. The quantitative estimate of drug-likeness (QED) is 0.895. The lowest BCUT2D eigenvalue weighted by Crippen LogP contribution is -2.46. The van der Waals surface area contributed by atoms with Crippen molar-refractivity contribution in [3.63, 3.8) is 0 Å². The first kappa shape index (κ1) is 15.1. The summed E-state index contributed by atoms with van der Waals surface area (Å²) in [5.74, 6) is 0. The second-order valence-corrected chi connectivity index (χ2v) is 5.92. The van der Waals surface area contributed by atoms with Crippen molar-refractivity contribution >= 4 is 23.3 Å². The molecule has 0 aromatic heterocycles. The summed E-state index contributed by atoms with van der Waals surface area (Å²) in [6.45, 7) is 5.86. The predicted octanol–water partition coefficient (Wildman–Crippen LogP) is 3.33. The van der Waals surface area contributed by atoms with Gasteiger partial charge in [-0.15, -0.1) is 0 Å². The molecule has 5 heteroatoms. The fourth-order valence-corrected chi connectivity index (χ4v) is 2.63. The van der Waals surface area contributed by atoms with Gasteiger partial charge in [-0.05, 0) is 51.4 Å². The van der Waals surface area contributed by atoms with Gasteiger partial charge in [0.2, 0.25) is 0 Å². The average Bonchev–Trinajstić information content (AvgIpc) is 2.88. The maximum absolute atomic E-state index is 12.4. The van der Waals surface area contributed by atoms with Crippen molar-refractivity contribution in [2.45, 2.75) is 38.8 Å². The number of carbonyl (C=O) groups excluding carboxylic acids is 1. The maximum atomic E-state index is 12.4. The molecule has 1 aliphatic heterocycles. The Balaban J connectivity index is 1.99. The molecule has 1 fully saturated rings. The van der Waals surface area contributed by atoms with E-state index in [1.54, 1.807) is 12.1 Å². The van der Waals surface area contributed by atoms with Crippen LogP contribution < -0.4 is 10.6 Å². The van der Waals surface area contributed by atoms with Gasteiger partial charge >= 0.3 is 6.03 Å². The highest BCUT2D eigenvalue weighted by Gasteiger charge is 2.23. The number of carbonyl (C=O) groups is 1. The first-order valence-electron chi connectivity index (χ1n) is 7.13. The average molecular weight is 296 g/mol. The Morgan fingerprint density at radius 1 is 1.55 bits per heavy atom. The number of hydrogen-bond donors (Lipinski definition) is 2. The number of amides is 2. The Morgan fingerprint density at radius 2 is 2.35 bits per heavy atom. The Morgan fingerprint density at radius 3 is 2.95 bits per heavy atom. The van der Waals surface area contributed by atoms with E-state index < -0.39 is 0 Å². The largest absolute Gasteiger partial charge is 0.322 e. The minimum absolute atomic E-state index is 0.0732. The van der Waals surface area contributed by atoms with Crippen molar-refractivity contribution < 1.29 is 4.79 Å². The van der Waals surface area contributed by atoms with Crippen molar-refractivity contribution in [3.8, 4) is 0 Å². The monoisotopic (exact) mass is 295 g/mol. The fraction of sp³-hybridized carbons (Fsp3) is 0.533. The predicted molar refractivity (Wildman–Crippen MR) is 83.3 cm³/mol. The number of rotatable bonds is 4. The van der Waals surface area contributed by atoms with Gasteiger partial charge in [0.25, 0.3) is 0 Å². The number of urea groups is 1. The Hall–Kier alpha value is -1.26. The second kappa shape index (κ2) is 6.95. The molecule has 0 saturated carbocycles. The zero-order valence-electron chi connectivity index (χ0n) is 12.0. The molecule has 1 aliphatic rings. The van der Waals surface area contributed by atoms with E-state index >= 15 is 0 Å². The summed E-state index contributed by atoms with van der Waals surface area (Å²) in [7, 11) is 0. The van der Waals surface area contributed by atoms with E-state index in [9.17, 15) is 4.79 Å². The highest BCUT2D eigenvalue weighted by molar-refractivity contribution is 6.30. The number of halogens is 1. The molecule has 1 unspecified atom stereocenters. The van der Waals surface area contributed by atoms with Crippen LogP contribution in [0.3, 0.4) is 0 Å². The molecule has 2 amide bonds. The highest BCUT2D eigenvalue weighted by Crippen LogP contribution is 2.16. The Labute approximate surface area is 125 Å². The van der Waals surface area contributed by atoms with Crippen molar-refractivity contribution in [1.29, 1.82) is 0 Å². The van der Waals surface area contributed by atoms with Gasteiger partial charge in [-0.25, -0.2) is 4.79 Å². The Bertz CT molecular complexity index is 458. The second-order valence-electron chi connectivity index (χ2n) is 5.48. The summed E-state index contributed by atoms with van der Waals surface area (Å²) in [5, 5.41) is 6.96. The zero-order valence-corrected chi connectivity index (χ0v) is 12.8. The minimum atomic E-state index is -0.0732. The van der Waals surface area contributed by atoms with Crippen LogP contribution in [0.25, 0.3) is 0 Å². The van der Waals surface area contributed by atoms with Crippen LogP contribution in [0.2, 0.25) is 5.02 Å². The van der Waals surface area contributed by atoms with Crippen LogP contribution in [0.4, 0.5) is 10.5 Å². The smallest absolute Gasteiger partial charge is 0.321 e. The molecule has 1 atom stereocenters.